The molecule has 30 heavy (non-hydrogen) atoms. The number of allylic oxidation sites excluding steroid dienone is 1. The van der Waals surface area contributed by atoms with Gasteiger partial charge in [0.15, 0.2) is 10.0 Å². The van der Waals surface area contributed by atoms with E-state index in [1.807, 2.05) is 6.92 Å². The number of hydrogen-bond donors (Lipinski definition) is 2. The van der Waals surface area contributed by atoms with Crippen LogP contribution in [0.2, 0.25) is 0 Å². The Morgan fingerprint density at radius 2 is 2.10 bits per heavy atom. The summed E-state index contributed by atoms with van der Waals surface area (Å²) in [7, 11) is 0. The number of aromatic nitrogens is 1. The molecule has 5 nitrogen and oxygen atoms in total. The number of thiazole rings is 1. The van der Waals surface area contributed by atoms with Crippen molar-refractivity contribution in [2.24, 2.45) is 17.8 Å². The molecule has 0 amide bonds. The van der Waals surface area contributed by atoms with Gasteiger partial charge < -0.3 is 10.2 Å². The van der Waals surface area contributed by atoms with E-state index in [9.17, 15) is 14.7 Å². The quantitative estimate of drug-likeness (QED) is 0.356. The summed E-state index contributed by atoms with van der Waals surface area (Å²) in [6, 6.07) is 0. The number of aliphatic hydroxyl groups is 1. The van der Waals surface area contributed by atoms with E-state index in [-0.39, 0.29) is 17.5 Å². The lowest BCUT2D eigenvalue weighted by molar-refractivity contribution is -0.121. The minimum Gasteiger partial charge on any atom is -0.476 e. The van der Waals surface area contributed by atoms with E-state index >= 15 is 0 Å². The number of Topliss-reactive ketones (excluding diaryl/α,β-unsaturated/α-hetero) is 1. The van der Waals surface area contributed by atoms with E-state index in [0.29, 0.717) is 24.5 Å². The van der Waals surface area contributed by atoms with Gasteiger partial charge >= 0.3 is 5.97 Å². The Kier molecular flexibility index (Phi) is 8.54. The summed E-state index contributed by atoms with van der Waals surface area (Å²) in [6.45, 7) is 1.94. The topological polar surface area (TPSA) is 87.5 Å². The van der Waals surface area contributed by atoms with Crippen molar-refractivity contribution in [2.75, 3.05) is 5.75 Å². The van der Waals surface area contributed by atoms with E-state index in [0.717, 1.165) is 29.4 Å². The van der Waals surface area contributed by atoms with Crippen LogP contribution in [0.4, 0.5) is 0 Å². The molecule has 3 atom stereocenters. The van der Waals surface area contributed by atoms with Crippen LogP contribution < -0.4 is 0 Å². The van der Waals surface area contributed by atoms with Crippen molar-refractivity contribution < 1.29 is 19.8 Å². The summed E-state index contributed by atoms with van der Waals surface area (Å²) in [5.74, 6) is 0.989. The van der Waals surface area contributed by atoms with Crippen LogP contribution in [-0.2, 0) is 4.79 Å². The fourth-order valence-corrected chi connectivity index (χ4v) is 6.72. The van der Waals surface area contributed by atoms with E-state index in [4.69, 9.17) is 5.11 Å². The van der Waals surface area contributed by atoms with Crippen LogP contribution in [0.1, 0.15) is 81.6 Å². The molecular weight excluding hydrogens is 418 g/mol. The molecule has 1 aromatic heterocycles. The number of ketones is 1. The summed E-state index contributed by atoms with van der Waals surface area (Å²) in [6.07, 6.45) is 14.4. The fourth-order valence-electron chi connectivity index (χ4n) is 4.83. The van der Waals surface area contributed by atoms with Crippen molar-refractivity contribution in [1.29, 1.82) is 0 Å². The number of carbonyl (C=O) groups is 2. The van der Waals surface area contributed by atoms with Crippen molar-refractivity contribution in [1.82, 2.24) is 4.98 Å². The molecule has 2 fully saturated rings. The minimum atomic E-state index is -1.01. The number of nitrogens with zero attached hydrogens (tertiary/aromatic N) is 1. The molecule has 0 radical (unpaired) electrons. The predicted molar refractivity (Wildman–Crippen MR) is 121 cm³/mol. The Morgan fingerprint density at radius 1 is 1.33 bits per heavy atom. The number of carboxylic acids is 1. The van der Waals surface area contributed by atoms with E-state index in [1.54, 1.807) is 5.38 Å². The number of hydrogen-bond acceptors (Lipinski definition) is 6. The number of aromatic carboxylic acids is 1. The Balaban J connectivity index is 1.45. The SMILES string of the molecule is C[C@@](O)(C/C=C/[C@H]1CCC(=O)[C@@H]1CCSc1nc(C(=O)O)cs1)CC1CCCCC1. The molecule has 0 spiro atoms. The molecule has 1 aromatic rings. The van der Waals surface area contributed by atoms with Gasteiger partial charge in [-0.1, -0.05) is 56.0 Å². The molecule has 2 saturated carbocycles. The smallest absolute Gasteiger partial charge is 0.355 e. The first kappa shape index (κ1) is 23.5. The van der Waals surface area contributed by atoms with Crippen LogP contribution in [0.5, 0.6) is 0 Å². The van der Waals surface area contributed by atoms with Gasteiger partial charge in [-0.25, -0.2) is 9.78 Å². The van der Waals surface area contributed by atoms with Crippen LogP contribution >= 0.6 is 23.1 Å². The second-order valence-corrected chi connectivity index (χ2v) is 11.3. The lowest BCUT2D eigenvalue weighted by Crippen LogP contribution is -2.28. The zero-order chi connectivity index (χ0) is 21.6. The van der Waals surface area contributed by atoms with Gasteiger partial charge in [-0.3, -0.25) is 4.79 Å². The number of rotatable bonds is 10. The third-order valence-corrected chi connectivity index (χ3v) is 8.46. The average molecular weight is 452 g/mol. The second kappa shape index (κ2) is 10.9. The van der Waals surface area contributed by atoms with E-state index in [2.05, 4.69) is 17.1 Å². The van der Waals surface area contributed by atoms with Gasteiger partial charge in [0, 0.05) is 23.5 Å². The molecule has 0 saturated heterocycles. The monoisotopic (exact) mass is 451 g/mol. The van der Waals surface area contributed by atoms with Crippen LogP contribution in [0.15, 0.2) is 21.9 Å². The molecule has 166 valence electrons. The fraction of sp³-hybridized carbons (Fsp3) is 0.696. The van der Waals surface area contributed by atoms with Crippen LogP contribution in [0, 0.1) is 17.8 Å². The maximum atomic E-state index is 12.4. The van der Waals surface area contributed by atoms with Gasteiger partial charge in [-0.2, -0.15) is 0 Å². The largest absolute Gasteiger partial charge is 0.476 e. The molecule has 2 N–H and O–H groups in total. The zero-order valence-electron chi connectivity index (χ0n) is 17.7. The lowest BCUT2D eigenvalue weighted by Gasteiger charge is -2.30. The highest BCUT2D eigenvalue weighted by Gasteiger charge is 2.33. The molecule has 0 unspecified atom stereocenters. The molecule has 0 aromatic carbocycles. The van der Waals surface area contributed by atoms with Crippen molar-refractivity contribution in [3.63, 3.8) is 0 Å². The summed E-state index contributed by atoms with van der Waals surface area (Å²) in [5, 5.41) is 21.3. The lowest BCUT2D eigenvalue weighted by atomic mass is 9.80. The highest BCUT2D eigenvalue weighted by molar-refractivity contribution is 8.01. The minimum absolute atomic E-state index is 0.0240. The molecule has 2 aliphatic carbocycles. The van der Waals surface area contributed by atoms with Gasteiger partial charge in [-0.15, -0.1) is 11.3 Å². The normalized spacial score (nSPS) is 25.1. The van der Waals surface area contributed by atoms with Crippen molar-refractivity contribution in [2.45, 2.75) is 81.1 Å². The number of thioether (sulfide) groups is 1. The second-order valence-electron chi connectivity index (χ2n) is 9.05. The number of carbonyl (C=O) groups excluding carboxylic acids is 1. The Labute approximate surface area is 187 Å². The van der Waals surface area contributed by atoms with Crippen molar-refractivity contribution in [3.8, 4) is 0 Å². The highest BCUT2D eigenvalue weighted by atomic mass is 32.2. The van der Waals surface area contributed by atoms with Crippen LogP contribution in [-0.4, -0.2) is 38.3 Å². The first-order chi connectivity index (χ1) is 14.3. The summed E-state index contributed by atoms with van der Waals surface area (Å²) in [4.78, 5) is 27.4. The summed E-state index contributed by atoms with van der Waals surface area (Å²) >= 11 is 2.86. The summed E-state index contributed by atoms with van der Waals surface area (Å²) in [5.41, 5.74) is -0.584. The Hall–Kier alpha value is -1.18. The molecule has 0 aliphatic heterocycles. The third-order valence-electron chi connectivity index (χ3n) is 6.41. The maximum Gasteiger partial charge on any atom is 0.355 e. The van der Waals surface area contributed by atoms with Gasteiger partial charge in [0.1, 0.15) is 5.78 Å². The standard InChI is InChI=1S/C23H33NO4S2/c1-23(28,14-16-6-3-2-4-7-16)12-5-8-17-9-10-20(25)18(17)11-13-29-22-24-19(15-30-22)21(26)27/h5,8,15-18,28H,2-4,6-7,9-14H2,1H3,(H,26,27)/b8-5+/t17-,18+,23+/m0/s1. The Morgan fingerprint density at radius 3 is 2.80 bits per heavy atom. The van der Waals surface area contributed by atoms with Gasteiger partial charge in [0.05, 0.1) is 5.60 Å². The third kappa shape index (κ3) is 6.92. The molecule has 2 aliphatic rings. The zero-order valence-corrected chi connectivity index (χ0v) is 19.3. The average Bonchev–Trinajstić information content (AvgIpc) is 3.30. The number of carboxylic acid groups (broad SMARTS) is 1. The first-order valence-corrected chi connectivity index (χ1v) is 12.9. The predicted octanol–water partition coefficient (Wildman–Crippen LogP) is 5.59. The maximum absolute atomic E-state index is 12.4. The van der Waals surface area contributed by atoms with E-state index < -0.39 is 11.6 Å². The van der Waals surface area contributed by atoms with Gasteiger partial charge in [0.25, 0.3) is 0 Å². The van der Waals surface area contributed by atoms with Gasteiger partial charge in [0.2, 0.25) is 0 Å². The van der Waals surface area contributed by atoms with Crippen LogP contribution in [0.25, 0.3) is 0 Å². The molecular formula is C23H33NO4S2. The van der Waals surface area contributed by atoms with Crippen LogP contribution in [0.3, 0.4) is 0 Å². The van der Waals surface area contributed by atoms with Crippen molar-refractivity contribution >= 4 is 34.9 Å². The Bertz CT molecular complexity index is 752. The van der Waals surface area contributed by atoms with Crippen molar-refractivity contribution in [3.05, 3.63) is 23.2 Å². The summed E-state index contributed by atoms with van der Waals surface area (Å²) < 4.78 is 0.740. The first-order valence-electron chi connectivity index (χ1n) is 11.1. The molecule has 1 heterocycles. The highest BCUT2D eigenvalue weighted by Crippen LogP contribution is 2.36. The molecule has 7 heteroatoms. The van der Waals surface area contributed by atoms with E-state index in [1.165, 1.54) is 55.2 Å². The van der Waals surface area contributed by atoms with Gasteiger partial charge in [-0.05, 0) is 44.4 Å². The molecule has 3 rings (SSSR count). The molecule has 0 bridgehead atoms.